The summed E-state index contributed by atoms with van der Waals surface area (Å²) in [5.41, 5.74) is 11.2. The third-order valence-corrected chi connectivity index (χ3v) is 2.63. The third-order valence-electron chi connectivity index (χ3n) is 2.63. The number of anilines is 3. The van der Waals surface area contributed by atoms with Crippen molar-refractivity contribution in [3.63, 3.8) is 0 Å². The number of hydrogen-bond donors (Lipinski definition) is 2. The quantitative estimate of drug-likeness (QED) is 0.746. The first-order valence-electron chi connectivity index (χ1n) is 5.35. The van der Waals surface area contributed by atoms with Gasteiger partial charge in [0.15, 0.2) is 0 Å². The van der Waals surface area contributed by atoms with E-state index < -0.39 is 0 Å². The molecule has 2 aromatic carbocycles. The zero-order valence-electron chi connectivity index (χ0n) is 9.62. The molecule has 0 aliphatic heterocycles. The Hall–Kier alpha value is -1.96. The van der Waals surface area contributed by atoms with E-state index in [1.54, 1.807) is 0 Å². The van der Waals surface area contributed by atoms with Crippen LogP contribution >= 0.6 is 0 Å². The molecule has 0 aromatic heterocycles. The van der Waals surface area contributed by atoms with Gasteiger partial charge < -0.3 is 11.1 Å². The molecule has 0 bridgehead atoms. The van der Waals surface area contributed by atoms with Gasteiger partial charge in [-0.15, -0.1) is 0 Å². The summed E-state index contributed by atoms with van der Waals surface area (Å²) in [5, 5.41) is 3.34. The Morgan fingerprint density at radius 1 is 0.938 bits per heavy atom. The first-order chi connectivity index (χ1) is 7.66. The minimum absolute atomic E-state index is 0.778. The summed E-state index contributed by atoms with van der Waals surface area (Å²) in [6.45, 7) is 4.12. The molecule has 0 amide bonds. The van der Waals surface area contributed by atoms with Crippen molar-refractivity contribution in [1.82, 2.24) is 0 Å². The maximum atomic E-state index is 5.94. The number of aryl methyl sites for hydroxylation is 2. The second-order valence-corrected chi connectivity index (χ2v) is 4.03. The van der Waals surface area contributed by atoms with Crippen LogP contribution in [0.5, 0.6) is 0 Å². The second kappa shape index (κ2) is 4.27. The summed E-state index contributed by atoms with van der Waals surface area (Å²) in [6, 6.07) is 14.2. The van der Waals surface area contributed by atoms with Crippen LogP contribution in [0, 0.1) is 13.8 Å². The van der Waals surface area contributed by atoms with Crippen molar-refractivity contribution in [2.75, 3.05) is 11.1 Å². The standard InChI is InChI=1S/C14H16N2/c1-10-6-8-12(9-7-10)16-14-11(2)4-3-5-13(14)15/h3-9,16H,15H2,1-2H3. The predicted molar refractivity (Wildman–Crippen MR) is 70.1 cm³/mol. The van der Waals surface area contributed by atoms with Gasteiger partial charge in [-0.25, -0.2) is 0 Å². The Morgan fingerprint density at radius 2 is 1.62 bits per heavy atom. The highest BCUT2D eigenvalue weighted by Gasteiger charge is 2.02. The number of benzene rings is 2. The van der Waals surface area contributed by atoms with Crippen molar-refractivity contribution >= 4 is 17.1 Å². The maximum Gasteiger partial charge on any atom is 0.0647 e. The van der Waals surface area contributed by atoms with Crippen molar-refractivity contribution in [3.05, 3.63) is 53.6 Å². The van der Waals surface area contributed by atoms with Gasteiger partial charge >= 0.3 is 0 Å². The van der Waals surface area contributed by atoms with Gasteiger partial charge in [0.2, 0.25) is 0 Å². The fourth-order valence-electron chi connectivity index (χ4n) is 1.64. The van der Waals surface area contributed by atoms with Crippen molar-refractivity contribution in [2.24, 2.45) is 0 Å². The van der Waals surface area contributed by atoms with E-state index in [0.29, 0.717) is 0 Å². The predicted octanol–water partition coefficient (Wildman–Crippen LogP) is 3.63. The Labute approximate surface area is 96.1 Å². The molecule has 0 unspecified atom stereocenters. The minimum Gasteiger partial charge on any atom is -0.397 e. The number of nitrogen functional groups attached to an aromatic ring is 1. The summed E-state index contributed by atoms with van der Waals surface area (Å²) in [5.74, 6) is 0. The lowest BCUT2D eigenvalue weighted by molar-refractivity contribution is 1.41. The van der Waals surface area contributed by atoms with E-state index >= 15 is 0 Å². The molecule has 0 heterocycles. The lowest BCUT2D eigenvalue weighted by atomic mass is 10.1. The lowest BCUT2D eigenvalue weighted by Gasteiger charge is -2.12. The third kappa shape index (κ3) is 2.16. The highest BCUT2D eigenvalue weighted by Crippen LogP contribution is 2.26. The smallest absolute Gasteiger partial charge is 0.0647 e. The van der Waals surface area contributed by atoms with Crippen LogP contribution in [0.3, 0.4) is 0 Å². The van der Waals surface area contributed by atoms with Crippen molar-refractivity contribution in [2.45, 2.75) is 13.8 Å². The van der Waals surface area contributed by atoms with Gasteiger partial charge in [0.05, 0.1) is 11.4 Å². The monoisotopic (exact) mass is 212 g/mol. The van der Waals surface area contributed by atoms with Crippen LogP contribution in [0.2, 0.25) is 0 Å². The molecule has 3 N–H and O–H groups in total. The topological polar surface area (TPSA) is 38.0 Å². The number of nitrogens with two attached hydrogens (primary N) is 1. The van der Waals surface area contributed by atoms with Crippen LogP contribution < -0.4 is 11.1 Å². The molecule has 0 saturated carbocycles. The molecule has 2 heteroatoms. The Bertz CT molecular complexity index is 466. The Kier molecular flexibility index (Phi) is 2.82. The molecule has 16 heavy (non-hydrogen) atoms. The molecule has 2 aromatic rings. The van der Waals surface area contributed by atoms with Crippen LogP contribution in [0.1, 0.15) is 11.1 Å². The first-order valence-corrected chi connectivity index (χ1v) is 5.35. The molecule has 82 valence electrons. The molecule has 0 spiro atoms. The first kappa shape index (κ1) is 10.6. The molecule has 0 atom stereocenters. The van der Waals surface area contributed by atoms with E-state index in [-0.39, 0.29) is 0 Å². The average Bonchev–Trinajstić information content (AvgIpc) is 2.26. The van der Waals surface area contributed by atoms with E-state index in [0.717, 1.165) is 22.6 Å². The molecule has 0 saturated heterocycles. The number of hydrogen-bond acceptors (Lipinski definition) is 2. The maximum absolute atomic E-state index is 5.94. The molecule has 0 aliphatic rings. The zero-order valence-corrected chi connectivity index (χ0v) is 9.62. The fourth-order valence-corrected chi connectivity index (χ4v) is 1.64. The van der Waals surface area contributed by atoms with E-state index in [9.17, 15) is 0 Å². The highest BCUT2D eigenvalue weighted by atomic mass is 14.9. The zero-order chi connectivity index (χ0) is 11.5. The van der Waals surface area contributed by atoms with Gasteiger partial charge in [0.25, 0.3) is 0 Å². The van der Waals surface area contributed by atoms with Gasteiger partial charge in [-0.2, -0.15) is 0 Å². The van der Waals surface area contributed by atoms with Crippen LogP contribution in [-0.2, 0) is 0 Å². The van der Waals surface area contributed by atoms with Crippen LogP contribution in [-0.4, -0.2) is 0 Å². The van der Waals surface area contributed by atoms with Crippen LogP contribution in [0.4, 0.5) is 17.1 Å². The summed E-state index contributed by atoms with van der Waals surface area (Å²) in [4.78, 5) is 0. The van der Waals surface area contributed by atoms with Gasteiger partial charge in [-0.3, -0.25) is 0 Å². The van der Waals surface area contributed by atoms with E-state index in [2.05, 4.69) is 36.5 Å². The summed E-state index contributed by atoms with van der Waals surface area (Å²) in [6.07, 6.45) is 0. The summed E-state index contributed by atoms with van der Waals surface area (Å²) >= 11 is 0. The minimum atomic E-state index is 0.778. The van der Waals surface area contributed by atoms with Crippen molar-refractivity contribution in [3.8, 4) is 0 Å². The molecular formula is C14H16N2. The molecular weight excluding hydrogens is 196 g/mol. The SMILES string of the molecule is Cc1ccc(Nc2c(C)cccc2N)cc1. The largest absolute Gasteiger partial charge is 0.397 e. The molecule has 2 rings (SSSR count). The van der Waals surface area contributed by atoms with E-state index in [1.807, 2.05) is 25.1 Å². The van der Waals surface area contributed by atoms with Gasteiger partial charge in [0, 0.05) is 5.69 Å². The number of rotatable bonds is 2. The number of nitrogens with one attached hydrogen (secondary N) is 1. The number of para-hydroxylation sites is 1. The fraction of sp³-hybridized carbons (Fsp3) is 0.143. The van der Waals surface area contributed by atoms with Gasteiger partial charge in [0.1, 0.15) is 0 Å². The highest BCUT2D eigenvalue weighted by molar-refractivity contribution is 5.75. The molecule has 0 radical (unpaired) electrons. The van der Waals surface area contributed by atoms with Crippen molar-refractivity contribution < 1.29 is 0 Å². The van der Waals surface area contributed by atoms with E-state index in [1.165, 1.54) is 5.56 Å². The van der Waals surface area contributed by atoms with Gasteiger partial charge in [-0.1, -0.05) is 29.8 Å². The Morgan fingerprint density at radius 3 is 2.25 bits per heavy atom. The molecule has 0 fully saturated rings. The molecule has 2 nitrogen and oxygen atoms in total. The summed E-state index contributed by atoms with van der Waals surface area (Å²) in [7, 11) is 0. The Balaban J connectivity index is 2.30. The summed E-state index contributed by atoms with van der Waals surface area (Å²) < 4.78 is 0. The van der Waals surface area contributed by atoms with E-state index in [4.69, 9.17) is 5.73 Å². The molecule has 0 aliphatic carbocycles. The lowest BCUT2D eigenvalue weighted by Crippen LogP contribution is -1.98. The van der Waals surface area contributed by atoms with Gasteiger partial charge in [-0.05, 0) is 37.6 Å². The average molecular weight is 212 g/mol. The second-order valence-electron chi connectivity index (χ2n) is 4.03. The van der Waals surface area contributed by atoms with Crippen LogP contribution in [0.15, 0.2) is 42.5 Å². The normalized spacial score (nSPS) is 10.1. The van der Waals surface area contributed by atoms with Crippen LogP contribution in [0.25, 0.3) is 0 Å². The van der Waals surface area contributed by atoms with Crippen molar-refractivity contribution in [1.29, 1.82) is 0 Å².